The molecule has 24 heavy (non-hydrogen) atoms. The van der Waals surface area contributed by atoms with Crippen LogP contribution in [0.15, 0.2) is 0 Å². The number of ether oxygens (including phenoxy) is 3. The van der Waals surface area contributed by atoms with E-state index in [-0.39, 0.29) is 36.2 Å². The third kappa shape index (κ3) is 5.31. The van der Waals surface area contributed by atoms with Crippen LogP contribution in [0.2, 0.25) is 0 Å². The molecular weight excluding hydrogens is 334 g/mol. The van der Waals surface area contributed by atoms with E-state index in [2.05, 4.69) is 5.32 Å². The highest BCUT2D eigenvalue weighted by atomic mass is 32.1. The molecule has 0 spiro atoms. The van der Waals surface area contributed by atoms with Crippen LogP contribution in [0.4, 0.5) is 5.00 Å². The average molecular weight is 357 g/mol. The van der Waals surface area contributed by atoms with Gasteiger partial charge >= 0.3 is 11.9 Å². The minimum Gasteiger partial charge on any atom is -0.462 e. The van der Waals surface area contributed by atoms with Gasteiger partial charge in [0.15, 0.2) is 0 Å². The number of thiophene rings is 1. The fraction of sp³-hybridized carbons (Fsp3) is 0.562. The first-order valence-electron chi connectivity index (χ1n) is 7.72. The fourth-order valence-corrected chi connectivity index (χ4v) is 3.05. The maximum atomic E-state index is 12.2. The monoisotopic (exact) mass is 357 g/mol. The molecule has 1 amide bonds. The van der Waals surface area contributed by atoms with Crippen LogP contribution < -0.4 is 5.32 Å². The van der Waals surface area contributed by atoms with Crippen LogP contribution in [-0.4, -0.2) is 44.8 Å². The van der Waals surface area contributed by atoms with Gasteiger partial charge < -0.3 is 19.5 Å². The van der Waals surface area contributed by atoms with E-state index in [0.29, 0.717) is 23.4 Å². The minimum absolute atomic E-state index is 0.110. The summed E-state index contributed by atoms with van der Waals surface area (Å²) in [6.07, 6.45) is 1.00. The van der Waals surface area contributed by atoms with E-state index in [1.54, 1.807) is 13.8 Å². The number of rotatable bonds is 9. The highest BCUT2D eigenvalue weighted by molar-refractivity contribution is 7.18. The Morgan fingerprint density at radius 2 is 1.79 bits per heavy atom. The third-order valence-corrected chi connectivity index (χ3v) is 4.25. The van der Waals surface area contributed by atoms with E-state index in [4.69, 9.17) is 14.2 Å². The molecule has 0 unspecified atom stereocenters. The molecule has 0 aliphatic rings. The average Bonchev–Trinajstić information content (AvgIpc) is 2.84. The summed E-state index contributed by atoms with van der Waals surface area (Å²) in [4.78, 5) is 36.5. The van der Waals surface area contributed by atoms with Crippen LogP contribution >= 0.6 is 11.3 Å². The Morgan fingerprint density at radius 1 is 1.08 bits per heavy atom. The molecule has 0 atom stereocenters. The molecule has 0 fully saturated rings. The molecule has 1 rings (SSSR count). The summed E-state index contributed by atoms with van der Waals surface area (Å²) in [6.45, 7) is 5.79. The van der Waals surface area contributed by atoms with Gasteiger partial charge in [-0.05, 0) is 25.8 Å². The predicted octanol–water partition coefficient (Wildman–Crippen LogP) is 2.78. The van der Waals surface area contributed by atoms with Crippen LogP contribution in [-0.2, 0) is 19.0 Å². The second-order valence-corrected chi connectivity index (χ2v) is 5.93. The number of carbonyl (C=O) groups excluding carboxylic acids is 3. The summed E-state index contributed by atoms with van der Waals surface area (Å²) in [5.74, 6) is -1.35. The van der Waals surface area contributed by atoms with Crippen molar-refractivity contribution in [3.8, 4) is 0 Å². The SMILES string of the molecule is CCCC(=O)Nc1sc(C(=O)OCCOC)c(C)c1C(=O)OCC. The maximum Gasteiger partial charge on any atom is 0.348 e. The van der Waals surface area contributed by atoms with E-state index in [9.17, 15) is 14.4 Å². The Bertz CT molecular complexity index is 596. The van der Waals surface area contributed by atoms with E-state index >= 15 is 0 Å². The molecule has 7 nitrogen and oxygen atoms in total. The number of carbonyl (C=O) groups is 3. The van der Waals surface area contributed by atoms with Gasteiger partial charge in [0.2, 0.25) is 5.91 Å². The third-order valence-electron chi connectivity index (χ3n) is 3.06. The number of esters is 2. The summed E-state index contributed by atoms with van der Waals surface area (Å²) < 4.78 is 15.0. The van der Waals surface area contributed by atoms with Crippen LogP contribution in [0.5, 0.6) is 0 Å². The Hall–Kier alpha value is -1.93. The molecule has 1 aromatic rings. The summed E-state index contributed by atoms with van der Waals surface area (Å²) in [7, 11) is 1.50. The van der Waals surface area contributed by atoms with Crippen LogP contribution in [0, 0.1) is 6.92 Å². The molecule has 0 aliphatic heterocycles. The predicted molar refractivity (Wildman–Crippen MR) is 90.7 cm³/mol. The van der Waals surface area contributed by atoms with Crippen molar-refractivity contribution in [2.24, 2.45) is 0 Å². The molecular formula is C16H23NO6S. The van der Waals surface area contributed by atoms with Gasteiger partial charge in [0, 0.05) is 13.5 Å². The van der Waals surface area contributed by atoms with Crippen molar-refractivity contribution in [1.82, 2.24) is 0 Å². The van der Waals surface area contributed by atoms with Gasteiger partial charge in [0.05, 0.1) is 18.8 Å². The lowest BCUT2D eigenvalue weighted by molar-refractivity contribution is -0.116. The van der Waals surface area contributed by atoms with Gasteiger partial charge in [0.1, 0.15) is 16.5 Å². The molecule has 134 valence electrons. The lowest BCUT2D eigenvalue weighted by Gasteiger charge is -2.06. The van der Waals surface area contributed by atoms with Gasteiger partial charge in [-0.3, -0.25) is 4.79 Å². The highest BCUT2D eigenvalue weighted by Crippen LogP contribution is 2.34. The zero-order valence-corrected chi connectivity index (χ0v) is 15.2. The first kappa shape index (κ1) is 20.1. The van der Waals surface area contributed by atoms with Gasteiger partial charge in [0.25, 0.3) is 0 Å². The van der Waals surface area contributed by atoms with E-state index < -0.39 is 11.9 Å². The van der Waals surface area contributed by atoms with Gasteiger partial charge in [-0.2, -0.15) is 0 Å². The second-order valence-electron chi connectivity index (χ2n) is 4.91. The van der Waals surface area contributed by atoms with E-state index in [1.807, 2.05) is 6.92 Å². The van der Waals surface area contributed by atoms with E-state index in [0.717, 1.165) is 11.3 Å². The van der Waals surface area contributed by atoms with Crippen molar-refractivity contribution < 1.29 is 28.6 Å². The second kappa shape index (κ2) is 10.0. The molecule has 0 radical (unpaired) electrons. The zero-order valence-electron chi connectivity index (χ0n) is 14.4. The number of anilines is 1. The fourth-order valence-electron chi connectivity index (χ4n) is 1.94. The minimum atomic E-state index is -0.575. The first-order valence-corrected chi connectivity index (χ1v) is 8.54. The van der Waals surface area contributed by atoms with Crippen molar-refractivity contribution in [3.05, 3.63) is 16.0 Å². The molecule has 1 heterocycles. The Labute approximate surface area is 145 Å². The number of methoxy groups -OCH3 is 1. The molecule has 0 aliphatic carbocycles. The Kier molecular flexibility index (Phi) is 8.42. The van der Waals surface area contributed by atoms with Crippen LogP contribution in [0.1, 0.15) is 52.3 Å². The highest BCUT2D eigenvalue weighted by Gasteiger charge is 2.27. The van der Waals surface area contributed by atoms with Crippen molar-refractivity contribution in [2.75, 3.05) is 32.2 Å². The quantitative estimate of drug-likeness (QED) is 0.540. The molecule has 0 saturated heterocycles. The van der Waals surface area contributed by atoms with Crippen molar-refractivity contribution >= 4 is 34.2 Å². The first-order chi connectivity index (χ1) is 11.5. The molecule has 1 aromatic heterocycles. The number of hydrogen-bond donors (Lipinski definition) is 1. The summed E-state index contributed by atoms with van der Waals surface area (Å²) in [5.41, 5.74) is 0.637. The number of amides is 1. The van der Waals surface area contributed by atoms with Crippen molar-refractivity contribution in [2.45, 2.75) is 33.6 Å². The smallest absolute Gasteiger partial charge is 0.348 e. The molecule has 1 N–H and O–H groups in total. The molecule has 0 bridgehead atoms. The van der Waals surface area contributed by atoms with Gasteiger partial charge in [-0.1, -0.05) is 6.92 Å². The largest absolute Gasteiger partial charge is 0.462 e. The lowest BCUT2D eigenvalue weighted by atomic mass is 10.1. The number of hydrogen-bond acceptors (Lipinski definition) is 7. The topological polar surface area (TPSA) is 90.9 Å². The van der Waals surface area contributed by atoms with Crippen molar-refractivity contribution in [1.29, 1.82) is 0 Å². The van der Waals surface area contributed by atoms with Crippen LogP contribution in [0.25, 0.3) is 0 Å². The van der Waals surface area contributed by atoms with Crippen LogP contribution in [0.3, 0.4) is 0 Å². The van der Waals surface area contributed by atoms with Gasteiger partial charge in [-0.15, -0.1) is 11.3 Å². The van der Waals surface area contributed by atoms with E-state index in [1.165, 1.54) is 7.11 Å². The Morgan fingerprint density at radius 3 is 2.38 bits per heavy atom. The lowest BCUT2D eigenvalue weighted by Crippen LogP contribution is -2.14. The molecule has 8 heteroatoms. The molecule has 0 aromatic carbocycles. The normalized spacial score (nSPS) is 10.3. The number of nitrogens with one attached hydrogen (secondary N) is 1. The van der Waals surface area contributed by atoms with Gasteiger partial charge in [-0.25, -0.2) is 9.59 Å². The summed E-state index contributed by atoms with van der Waals surface area (Å²) in [5, 5.41) is 2.99. The Balaban J connectivity index is 3.11. The maximum absolute atomic E-state index is 12.2. The van der Waals surface area contributed by atoms with Crippen molar-refractivity contribution in [3.63, 3.8) is 0 Å². The standard InChI is InChI=1S/C16H23NO6S/c1-5-7-11(18)17-14-12(15(19)22-6-2)10(3)13(24-14)16(20)23-9-8-21-4/h5-9H2,1-4H3,(H,17,18). The zero-order chi connectivity index (χ0) is 18.1. The summed E-state index contributed by atoms with van der Waals surface area (Å²) >= 11 is 1.01. The summed E-state index contributed by atoms with van der Waals surface area (Å²) in [6, 6.07) is 0. The molecule has 0 saturated carbocycles.